The number of hydrogen-bond acceptors (Lipinski definition) is 7. The lowest BCUT2D eigenvalue weighted by Crippen LogP contribution is -2.48. The summed E-state index contributed by atoms with van der Waals surface area (Å²) in [5.74, 6) is -0.254. The fourth-order valence-electron chi connectivity index (χ4n) is 3.83. The Hall–Kier alpha value is -2.75. The van der Waals surface area contributed by atoms with Crippen molar-refractivity contribution >= 4 is 29.0 Å². The van der Waals surface area contributed by atoms with Gasteiger partial charge in [-0.2, -0.15) is 0 Å². The molecule has 0 aliphatic rings. The average Bonchev–Trinajstić information content (AvgIpc) is 2.81. The lowest BCUT2D eigenvalue weighted by molar-refractivity contribution is -0.172. The number of hydrogen-bond donors (Lipinski definition) is 3. The number of aromatic nitrogens is 1. The fraction of sp³-hybridized carbons (Fsp3) is 0.542. The fourth-order valence-corrected chi connectivity index (χ4v) is 3.83. The summed E-state index contributed by atoms with van der Waals surface area (Å²) >= 11 is 0. The van der Waals surface area contributed by atoms with Crippen LogP contribution < -0.4 is 11.2 Å². The molecule has 0 fully saturated rings. The van der Waals surface area contributed by atoms with Crippen LogP contribution in [0.1, 0.15) is 58.1 Å². The summed E-state index contributed by atoms with van der Waals surface area (Å²) in [6.45, 7) is 6.95. The van der Waals surface area contributed by atoms with Gasteiger partial charge in [0.1, 0.15) is 6.29 Å². The molecule has 0 saturated heterocycles. The molecule has 0 aliphatic carbocycles. The highest BCUT2D eigenvalue weighted by molar-refractivity contribution is 5.92. The normalized spacial score (nSPS) is 13.2. The predicted octanol–water partition coefficient (Wildman–Crippen LogP) is 4.14. The molecule has 0 saturated carbocycles. The number of pyridine rings is 1. The van der Waals surface area contributed by atoms with Crippen molar-refractivity contribution in [2.24, 2.45) is 5.92 Å². The summed E-state index contributed by atoms with van der Waals surface area (Å²) in [7, 11) is 0. The van der Waals surface area contributed by atoms with E-state index in [0.29, 0.717) is 37.3 Å². The number of benzene rings is 1. The summed E-state index contributed by atoms with van der Waals surface area (Å²) in [6.07, 6.45) is 3.56. The average molecular weight is 461 g/mol. The van der Waals surface area contributed by atoms with Gasteiger partial charge in [-0.3, -0.25) is 4.98 Å². The van der Waals surface area contributed by atoms with Crippen LogP contribution in [0.3, 0.4) is 0 Å². The van der Waals surface area contributed by atoms with Crippen LogP contribution in [0.25, 0.3) is 10.9 Å². The summed E-state index contributed by atoms with van der Waals surface area (Å²) < 4.78 is 11.7. The molecule has 0 aliphatic heterocycles. The number of rotatable bonds is 15. The lowest BCUT2D eigenvalue weighted by Gasteiger charge is -2.35. The third kappa shape index (κ3) is 7.38. The number of nitrogens with one attached hydrogen (secondary N) is 1. The van der Waals surface area contributed by atoms with Crippen LogP contribution in [-0.2, 0) is 14.3 Å². The Kier molecular flexibility index (Phi) is 11.0. The van der Waals surface area contributed by atoms with Gasteiger partial charge < -0.3 is 25.1 Å². The first kappa shape index (κ1) is 26.5. The standard InChI is InChI=1S/C24H36N4O5/c1-4-32-23(33-5-2)17(3)21(27-28(24(30)31)15-8-6-7-9-16-29)19-12-13-20(25)18-11-10-14-26-22(18)19/h10-14,16-17,21,23,27H,4-9,15,25H2,1-3H3,(H,30,31)/t17-,21-/m0/s1. The molecule has 1 heterocycles. The van der Waals surface area contributed by atoms with Gasteiger partial charge in [-0.15, -0.1) is 0 Å². The van der Waals surface area contributed by atoms with Gasteiger partial charge in [0.15, 0.2) is 6.29 Å². The summed E-state index contributed by atoms with van der Waals surface area (Å²) in [5, 5.41) is 11.9. The van der Waals surface area contributed by atoms with E-state index in [1.807, 2.05) is 45.0 Å². The van der Waals surface area contributed by atoms with E-state index in [1.54, 1.807) is 6.20 Å². The number of nitrogens with zero attached hydrogens (tertiary/aromatic N) is 2. The highest BCUT2D eigenvalue weighted by Crippen LogP contribution is 2.33. The molecule has 0 bridgehead atoms. The highest BCUT2D eigenvalue weighted by Gasteiger charge is 2.32. The molecular weight excluding hydrogens is 424 g/mol. The Morgan fingerprint density at radius 1 is 1.21 bits per heavy atom. The molecule has 1 amide bonds. The van der Waals surface area contributed by atoms with E-state index in [2.05, 4.69) is 10.4 Å². The number of hydrazine groups is 1. The molecule has 0 radical (unpaired) electrons. The van der Waals surface area contributed by atoms with E-state index >= 15 is 0 Å². The topological polar surface area (TPSA) is 127 Å². The summed E-state index contributed by atoms with van der Waals surface area (Å²) in [4.78, 5) is 27.1. The van der Waals surface area contributed by atoms with Crippen molar-refractivity contribution in [1.29, 1.82) is 0 Å². The van der Waals surface area contributed by atoms with Crippen LogP contribution in [-0.4, -0.2) is 53.5 Å². The van der Waals surface area contributed by atoms with Gasteiger partial charge >= 0.3 is 6.09 Å². The van der Waals surface area contributed by atoms with Crippen LogP contribution in [0.4, 0.5) is 10.5 Å². The zero-order valence-electron chi connectivity index (χ0n) is 19.7. The van der Waals surface area contributed by atoms with Gasteiger partial charge in [-0.1, -0.05) is 19.4 Å². The molecule has 9 heteroatoms. The van der Waals surface area contributed by atoms with E-state index in [0.717, 1.165) is 30.1 Å². The molecule has 33 heavy (non-hydrogen) atoms. The first-order valence-corrected chi connectivity index (χ1v) is 11.5. The van der Waals surface area contributed by atoms with Gasteiger partial charge in [0.05, 0.1) is 11.6 Å². The molecule has 2 aromatic rings. The molecule has 1 aromatic carbocycles. The van der Waals surface area contributed by atoms with E-state index < -0.39 is 18.4 Å². The highest BCUT2D eigenvalue weighted by atomic mass is 16.7. The minimum absolute atomic E-state index is 0.254. The third-order valence-electron chi connectivity index (χ3n) is 5.52. The zero-order valence-corrected chi connectivity index (χ0v) is 19.7. The van der Waals surface area contributed by atoms with Crippen molar-refractivity contribution in [2.45, 2.75) is 58.8 Å². The SMILES string of the molecule is CCOC(OCC)[C@@H](C)[C@H](NN(CCCCCC=O)C(=O)O)c1ccc(N)c2cccnc12. The lowest BCUT2D eigenvalue weighted by atomic mass is 9.92. The van der Waals surface area contributed by atoms with Gasteiger partial charge in [-0.25, -0.2) is 15.2 Å². The summed E-state index contributed by atoms with van der Waals surface area (Å²) in [5.41, 5.74) is 11.5. The monoisotopic (exact) mass is 460 g/mol. The van der Waals surface area contributed by atoms with Crippen molar-refractivity contribution in [3.63, 3.8) is 0 Å². The van der Waals surface area contributed by atoms with Crippen molar-refractivity contribution in [1.82, 2.24) is 15.4 Å². The molecule has 2 atom stereocenters. The van der Waals surface area contributed by atoms with E-state index in [1.165, 1.54) is 5.01 Å². The smallest absolute Gasteiger partial charge is 0.421 e. The second-order valence-corrected chi connectivity index (χ2v) is 7.84. The van der Waals surface area contributed by atoms with E-state index in [9.17, 15) is 14.7 Å². The quantitative estimate of drug-likeness (QED) is 0.119. The van der Waals surface area contributed by atoms with Crippen molar-refractivity contribution in [2.75, 3.05) is 25.5 Å². The van der Waals surface area contributed by atoms with Crippen LogP contribution >= 0.6 is 0 Å². The maximum Gasteiger partial charge on any atom is 0.421 e. The number of amides is 1. The van der Waals surface area contributed by atoms with Gasteiger partial charge in [0, 0.05) is 49.4 Å². The zero-order chi connectivity index (χ0) is 24.2. The van der Waals surface area contributed by atoms with Gasteiger partial charge in [0.2, 0.25) is 0 Å². The Morgan fingerprint density at radius 3 is 2.58 bits per heavy atom. The number of ether oxygens (including phenoxy) is 2. The molecule has 0 spiro atoms. The van der Waals surface area contributed by atoms with Crippen molar-refractivity contribution < 1.29 is 24.2 Å². The molecule has 182 valence electrons. The van der Waals surface area contributed by atoms with Crippen LogP contribution in [0.2, 0.25) is 0 Å². The maximum atomic E-state index is 12.1. The Balaban J connectivity index is 2.41. The third-order valence-corrected chi connectivity index (χ3v) is 5.52. The van der Waals surface area contributed by atoms with Gasteiger partial charge in [-0.05, 0) is 50.5 Å². The van der Waals surface area contributed by atoms with Crippen molar-refractivity contribution in [3.05, 3.63) is 36.0 Å². The van der Waals surface area contributed by atoms with E-state index in [4.69, 9.17) is 15.2 Å². The minimum atomic E-state index is -1.08. The number of carbonyl (C=O) groups excluding carboxylic acids is 1. The number of fused-ring (bicyclic) bond motifs is 1. The Labute approximate surface area is 195 Å². The molecular formula is C24H36N4O5. The molecule has 4 N–H and O–H groups in total. The number of nitrogen functional groups attached to an aromatic ring is 1. The summed E-state index contributed by atoms with van der Waals surface area (Å²) in [6, 6.07) is 6.92. The van der Waals surface area contributed by atoms with Gasteiger partial charge in [0.25, 0.3) is 0 Å². The number of aldehydes is 1. The number of nitrogens with two attached hydrogens (primary N) is 1. The largest absolute Gasteiger partial charge is 0.464 e. The molecule has 0 unspecified atom stereocenters. The first-order valence-electron chi connectivity index (χ1n) is 11.5. The molecule has 1 aromatic heterocycles. The second-order valence-electron chi connectivity index (χ2n) is 7.84. The first-order chi connectivity index (χ1) is 15.9. The van der Waals surface area contributed by atoms with Crippen LogP contribution in [0, 0.1) is 5.92 Å². The number of carboxylic acid groups (broad SMARTS) is 1. The molecule has 9 nitrogen and oxygen atoms in total. The predicted molar refractivity (Wildman–Crippen MR) is 127 cm³/mol. The second kappa shape index (κ2) is 13.7. The maximum absolute atomic E-state index is 12.1. The van der Waals surface area contributed by atoms with Crippen LogP contribution in [0.15, 0.2) is 30.5 Å². The number of anilines is 1. The van der Waals surface area contributed by atoms with Crippen LogP contribution in [0.5, 0.6) is 0 Å². The Bertz CT molecular complexity index is 888. The minimum Gasteiger partial charge on any atom is -0.464 e. The van der Waals surface area contributed by atoms with Crippen molar-refractivity contribution in [3.8, 4) is 0 Å². The number of carbonyl (C=O) groups is 2. The number of unbranched alkanes of at least 4 members (excludes halogenated alkanes) is 3. The Morgan fingerprint density at radius 2 is 1.94 bits per heavy atom. The molecule has 2 rings (SSSR count). The van der Waals surface area contributed by atoms with E-state index in [-0.39, 0.29) is 12.5 Å².